The van der Waals surface area contributed by atoms with E-state index in [2.05, 4.69) is 6.07 Å². The largest absolute Gasteiger partial charge is 0.243 e. The molecule has 136 valence electrons. The zero-order chi connectivity index (χ0) is 19.1. The van der Waals surface area contributed by atoms with Crippen LogP contribution in [0.2, 0.25) is 0 Å². The molecule has 0 fully saturated rings. The average molecular weight is 376 g/mol. The summed E-state index contributed by atoms with van der Waals surface area (Å²) in [5, 5.41) is 8.79. The molecule has 0 bridgehead atoms. The highest BCUT2D eigenvalue weighted by Crippen LogP contribution is 2.22. The molecular formula is C22H20N2O2S. The standard InChI is InChI=1S/C22H20N2O2S/c23-16-15-19-11-13-22(14-12-19)27(25,26)24(17-20-7-3-1-4-8-20)18-21-9-5-2-6-10-21/h1-14H,15,17-18H2. The summed E-state index contributed by atoms with van der Waals surface area (Å²) in [7, 11) is -3.68. The Bertz CT molecular complexity index is 968. The Morgan fingerprint density at radius 1 is 0.704 bits per heavy atom. The predicted molar refractivity (Wildman–Crippen MR) is 105 cm³/mol. The Labute approximate surface area is 160 Å². The van der Waals surface area contributed by atoms with Crippen molar-refractivity contribution in [1.82, 2.24) is 4.31 Å². The molecule has 0 amide bonds. The van der Waals surface area contributed by atoms with Crippen LogP contribution in [0.25, 0.3) is 0 Å². The van der Waals surface area contributed by atoms with Crippen LogP contribution in [-0.4, -0.2) is 12.7 Å². The van der Waals surface area contributed by atoms with Crippen LogP contribution in [0, 0.1) is 11.3 Å². The smallest absolute Gasteiger partial charge is 0.207 e. The van der Waals surface area contributed by atoms with Crippen LogP contribution in [0.4, 0.5) is 0 Å². The lowest BCUT2D eigenvalue weighted by Gasteiger charge is -2.23. The minimum Gasteiger partial charge on any atom is -0.207 e. The lowest BCUT2D eigenvalue weighted by Crippen LogP contribution is -2.30. The van der Waals surface area contributed by atoms with E-state index in [4.69, 9.17) is 5.26 Å². The van der Waals surface area contributed by atoms with Gasteiger partial charge < -0.3 is 0 Å². The van der Waals surface area contributed by atoms with Crippen molar-refractivity contribution >= 4 is 10.0 Å². The molecule has 0 aliphatic carbocycles. The fraction of sp³-hybridized carbons (Fsp3) is 0.136. The molecule has 0 aromatic heterocycles. The van der Waals surface area contributed by atoms with Gasteiger partial charge in [-0.15, -0.1) is 0 Å². The molecule has 0 aliphatic rings. The first-order chi connectivity index (χ1) is 13.1. The van der Waals surface area contributed by atoms with Crippen LogP contribution < -0.4 is 0 Å². The van der Waals surface area contributed by atoms with E-state index >= 15 is 0 Å². The van der Waals surface area contributed by atoms with Crippen LogP contribution in [-0.2, 0) is 29.5 Å². The van der Waals surface area contributed by atoms with Gasteiger partial charge in [-0.1, -0.05) is 72.8 Å². The van der Waals surface area contributed by atoms with Crippen molar-refractivity contribution in [3.8, 4) is 6.07 Å². The summed E-state index contributed by atoms with van der Waals surface area (Å²) in [5.41, 5.74) is 2.66. The second kappa shape index (κ2) is 8.63. The van der Waals surface area contributed by atoms with Gasteiger partial charge in [0.15, 0.2) is 0 Å². The third-order valence-corrected chi connectivity index (χ3v) is 6.05. The molecule has 0 heterocycles. The van der Waals surface area contributed by atoms with E-state index in [-0.39, 0.29) is 24.4 Å². The zero-order valence-electron chi connectivity index (χ0n) is 14.8. The summed E-state index contributed by atoms with van der Waals surface area (Å²) in [6.07, 6.45) is 0.262. The van der Waals surface area contributed by atoms with Crippen molar-refractivity contribution in [2.24, 2.45) is 0 Å². The highest BCUT2D eigenvalue weighted by atomic mass is 32.2. The number of rotatable bonds is 7. The van der Waals surface area contributed by atoms with E-state index in [0.717, 1.165) is 16.7 Å². The Hall–Kier alpha value is -2.94. The van der Waals surface area contributed by atoms with Crippen molar-refractivity contribution in [1.29, 1.82) is 5.26 Å². The van der Waals surface area contributed by atoms with E-state index in [1.165, 1.54) is 4.31 Å². The number of sulfonamides is 1. The van der Waals surface area contributed by atoms with Gasteiger partial charge in [0, 0.05) is 13.1 Å². The third kappa shape index (κ3) is 4.82. The normalized spacial score (nSPS) is 11.3. The lowest BCUT2D eigenvalue weighted by atomic mass is 10.2. The minimum absolute atomic E-state index is 0.232. The summed E-state index contributed by atoms with van der Waals surface area (Å²) in [5.74, 6) is 0. The average Bonchev–Trinajstić information content (AvgIpc) is 2.70. The first kappa shape index (κ1) is 18.8. The fourth-order valence-corrected chi connectivity index (χ4v) is 4.24. The molecule has 3 aromatic carbocycles. The van der Waals surface area contributed by atoms with Gasteiger partial charge in [-0.05, 0) is 28.8 Å². The SMILES string of the molecule is N#CCc1ccc(S(=O)(=O)N(Cc2ccccc2)Cc2ccccc2)cc1. The molecule has 0 aliphatic heterocycles. The summed E-state index contributed by atoms with van der Waals surface area (Å²) in [4.78, 5) is 0.232. The van der Waals surface area contributed by atoms with Gasteiger partial charge in [-0.3, -0.25) is 0 Å². The summed E-state index contributed by atoms with van der Waals surface area (Å²) in [6, 6.07) is 27.7. The maximum absolute atomic E-state index is 13.3. The van der Waals surface area contributed by atoms with Crippen molar-refractivity contribution < 1.29 is 8.42 Å². The van der Waals surface area contributed by atoms with E-state index < -0.39 is 10.0 Å². The van der Waals surface area contributed by atoms with Gasteiger partial charge in [0.05, 0.1) is 17.4 Å². The molecule has 4 nitrogen and oxygen atoms in total. The third-order valence-electron chi connectivity index (χ3n) is 4.25. The molecular weight excluding hydrogens is 356 g/mol. The second-order valence-corrected chi connectivity index (χ2v) is 8.16. The maximum Gasteiger partial charge on any atom is 0.243 e. The van der Waals surface area contributed by atoms with Gasteiger partial charge in [-0.25, -0.2) is 8.42 Å². The van der Waals surface area contributed by atoms with Gasteiger partial charge >= 0.3 is 0 Å². The minimum atomic E-state index is -3.68. The topological polar surface area (TPSA) is 61.2 Å². The van der Waals surface area contributed by atoms with Crippen molar-refractivity contribution in [3.05, 3.63) is 102 Å². The quantitative estimate of drug-likeness (QED) is 0.622. The van der Waals surface area contributed by atoms with Crippen LogP contribution in [0.15, 0.2) is 89.8 Å². The van der Waals surface area contributed by atoms with Gasteiger partial charge in [-0.2, -0.15) is 9.57 Å². The van der Waals surface area contributed by atoms with Crippen LogP contribution in [0.3, 0.4) is 0 Å². The highest BCUT2D eigenvalue weighted by molar-refractivity contribution is 7.89. The monoisotopic (exact) mass is 376 g/mol. The molecule has 0 saturated heterocycles. The number of nitriles is 1. The van der Waals surface area contributed by atoms with E-state index in [9.17, 15) is 8.42 Å². The molecule has 0 atom stereocenters. The number of benzene rings is 3. The fourth-order valence-electron chi connectivity index (χ4n) is 2.82. The van der Waals surface area contributed by atoms with E-state index in [1.807, 2.05) is 60.7 Å². The summed E-state index contributed by atoms with van der Waals surface area (Å²) >= 11 is 0. The molecule has 0 N–H and O–H groups in total. The number of hydrogen-bond donors (Lipinski definition) is 0. The van der Waals surface area contributed by atoms with Crippen LogP contribution in [0.5, 0.6) is 0 Å². The van der Waals surface area contributed by atoms with E-state index in [0.29, 0.717) is 0 Å². The lowest BCUT2D eigenvalue weighted by molar-refractivity contribution is 0.401. The molecule has 3 aromatic rings. The number of hydrogen-bond acceptors (Lipinski definition) is 3. The van der Waals surface area contributed by atoms with Gasteiger partial charge in [0.2, 0.25) is 10.0 Å². The van der Waals surface area contributed by atoms with Crippen LogP contribution >= 0.6 is 0 Å². The molecule has 0 radical (unpaired) electrons. The van der Waals surface area contributed by atoms with Crippen molar-refractivity contribution in [2.75, 3.05) is 0 Å². The van der Waals surface area contributed by atoms with Crippen molar-refractivity contribution in [3.63, 3.8) is 0 Å². The molecule has 0 spiro atoms. The van der Waals surface area contributed by atoms with Crippen molar-refractivity contribution in [2.45, 2.75) is 24.4 Å². The van der Waals surface area contributed by atoms with Gasteiger partial charge in [0.25, 0.3) is 0 Å². The second-order valence-electron chi connectivity index (χ2n) is 6.22. The molecule has 0 unspecified atom stereocenters. The zero-order valence-corrected chi connectivity index (χ0v) is 15.6. The maximum atomic E-state index is 13.3. The summed E-state index contributed by atoms with van der Waals surface area (Å²) in [6.45, 7) is 0.579. The number of nitrogens with zero attached hydrogens (tertiary/aromatic N) is 2. The Kier molecular flexibility index (Phi) is 6.02. The Balaban J connectivity index is 1.93. The van der Waals surface area contributed by atoms with Gasteiger partial charge in [0.1, 0.15) is 0 Å². The van der Waals surface area contributed by atoms with Crippen LogP contribution in [0.1, 0.15) is 16.7 Å². The molecule has 5 heteroatoms. The molecule has 27 heavy (non-hydrogen) atoms. The first-order valence-corrected chi connectivity index (χ1v) is 10.1. The highest BCUT2D eigenvalue weighted by Gasteiger charge is 2.25. The molecule has 3 rings (SSSR count). The first-order valence-electron chi connectivity index (χ1n) is 8.63. The molecule has 0 saturated carbocycles. The Morgan fingerprint density at radius 3 is 1.63 bits per heavy atom. The summed E-state index contributed by atoms with van der Waals surface area (Å²) < 4.78 is 28.0. The predicted octanol–water partition coefficient (Wildman–Crippen LogP) is 4.14. The Morgan fingerprint density at radius 2 is 1.19 bits per heavy atom. The van der Waals surface area contributed by atoms with E-state index in [1.54, 1.807) is 24.3 Å².